The molecule has 0 amide bonds. The molecule has 1 fully saturated rings. The maximum Gasteiger partial charge on any atom is 0.244 e. The van der Waals surface area contributed by atoms with Crippen LogP contribution in [-0.4, -0.2) is 43.9 Å². The van der Waals surface area contributed by atoms with Crippen molar-refractivity contribution >= 4 is 31.8 Å². The van der Waals surface area contributed by atoms with Crippen molar-refractivity contribution in [3.8, 4) is 5.75 Å². The number of halogens is 1. The van der Waals surface area contributed by atoms with E-state index in [-0.39, 0.29) is 4.90 Å². The number of aromatic nitrogens is 1. The Bertz CT molecular complexity index is 789. The first kappa shape index (κ1) is 18.2. The summed E-state index contributed by atoms with van der Waals surface area (Å²) in [5.41, 5.74) is 0. The molecule has 0 atom stereocenters. The maximum atomic E-state index is 12.4. The molecule has 2 aromatic rings. The minimum Gasteiger partial charge on any atom is -0.492 e. The average molecular weight is 426 g/mol. The molecule has 1 aromatic carbocycles. The SMILES string of the molecule is O=S(=O)(c1ccc(NCCOc2ccc(Br)cc2)nc1)N1CCCC1. The van der Waals surface area contributed by atoms with Gasteiger partial charge < -0.3 is 10.1 Å². The number of pyridine rings is 1. The van der Waals surface area contributed by atoms with E-state index in [1.54, 1.807) is 12.1 Å². The van der Waals surface area contributed by atoms with Crippen molar-refractivity contribution in [1.82, 2.24) is 9.29 Å². The van der Waals surface area contributed by atoms with Gasteiger partial charge in [-0.05, 0) is 49.2 Å². The fraction of sp³-hybridized carbons (Fsp3) is 0.353. The van der Waals surface area contributed by atoms with Gasteiger partial charge >= 0.3 is 0 Å². The highest BCUT2D eigenvalue weighted by molar-refractivity contribution is 9.10. The van der Waals surface area contributed by atoms with Gasteiger partial charge in [0.1, 0.15) is 23.1 Å². The lowest BCUT2D eigenvalue weighted by molar-refractivity contribution is 0.332. The lowest BCUT2D eigenvalue weighted by atomic mass is 10.3. The Kier molecular flexibility index (Phi) is 5.93. The number of sulfonamides is 1. The van der Waals surface area contributed by atoms with Gasteiger partial charge in [0.2, 0.25) is 10.0 Å². The van der Waals surface area contributed by atoms with Crippen molar-refractivity contribution in [2.75, 3.05) is 31.6 Å². The van der Waals surface area contributed by atoms with Crippen LogP contribution in [0.1, 0.15) is 12.8 Å². The summed E-state index contributed by atoms with van der Waals surface area (Å²) in [6.07, 6.45) is 3.25. The Morgan fingerprint density at radius 3 is 2.48 bits per heavy atom. The van der Waals surface area contributed by atoms with E-state index in [9.17, 15) is 8.42 Å². The van der Waals surface area contributed by atoms with Gasteiger partial charge in [-0.2, -0.15) is 4.31 Å². The molecule has 0 unspecified atom stereocenters. The van der Waals surface area contributed by atoms with E-state index in [2.05, 4.69) is 26.2 Å². The normalized spacial score (nSPS) is 15.2. The van der Waals surface area contributed by atoms with Crippen LogP contribution in [0.2, 0.25) is 0 Å². The van der Waals surface area contributed by atoms with Crippen LogP contribution in [-0.2, 0) is 10.0 Å². The Labute approximate surface area is 156 Å². The van der Waals surface area contributed by atoms with Crippen molar-refractivity contribution in [2.45, 2.75) is 17.7 Å². The third kappa shape index (κ3) is 4.71. The van der Waals surface area contributed by atoms with Crippen molar-refractivity contribution in [1.29, 1.82) is 0 Å². The van der Waals surface area contributed by atoms with E-state index < -0.39 is 10.0 Å². The second-order valence-electron chi connectivity index (χ2n) is 5.72. The molecule has 1 N–H and O–H groups in total. The smallest absolute Gasteiger partial charge is 0.244 e. The fourth-order valence-electron chi connectivity index (χ4n) is 2.59. The molecule has 0 spiro atoms. The van der Waals surface area contributed by atoms with Crippen LogP contribution in [0.25, 0.3) is 0 Å². The van der Waals surface area contributed by atoms with Crippen LogP contribution in [0.3, 0.4) is 0 Å². The summed E-state index contributed by atoms with van der Waals surface area (Å²) in [6.45, 7) is 2.24. The third-order valence-corrected chi connectivity index (χ3v) is 6.34. The zero-order chi connectivity index (χ0) is 17.7. The summed E-state index contributed by atoms with van der Waals surface area (Å²) in [7, 11) is -3.41. The van der Waals surface area contributed by atoms with Crippen molar-refractivity contribution in [2.24, 2.45) is 0 Å². The lowest BCUT2D eigenvalue weighted by Gasteiger charge is -2.15. The van der Waals surface area contributed by atoms with E-state index in [0.717, 1.165) is 23.1 Å². The highest BCUT2D eigenvalue weighted by atomic mass is 79.9. The van der Waals surface area contributed by atoms with E-state index in [1.165, 1.54) is 10.5 Å². The Balaban J connectivity index is 1.50. The largest absolute Gasteiger partial charge is 0.492 e. The summed E-state index contributed by atoms with van der Waals surface area (Å²) in [5, 5.41) is 3.12. The number of hydrogen-bond acceptors (Lipinski definition) is 5. The molecule has 0 aliphatic carbocycles. The van der Waals surface area contributed by atoms with Gasteiger partial charge in [0.05, 0.1) is 6.54 Å². The molecule has 8 heteroatoms. The van der Waals surface area contributed by atoms with Crippen molar-refractivity contribution in [3.05, 3.63) is 47.1 Å². The third-order valence-electron chi connectivity index (χ3n) is 3.93. The van der Waals surface area contributed by atoms with Crippen LogP contribution in [0, 0.1) is 0 Å². The van der Waals surface area contributed by atoms with Crippen LogP contribution in [0.15, 0.2) is 52.0 Å². The zero-order valence-electron chi connectivity index (χ0n) is 13.7. The monoisotopic (exact) mass is 425 g/mol. The zero-order valence-corrected chi connectivity index (χ0v) is 16.1. The second kappa shape index (κ2) is 8.16. The van der Waals surface area contributed by atoms with Gasteiger partial charge in [0.25, 0.3) is 0 Å². The lowest BCUT2D eigenvalue weighted by Crippen LogP contribution is -2.28. The van der Waals surface area contributed by atoms with Crippen LogP contribution >= 0.6 is 15.9 Å². The molecule has 3 rings (SSSR count). The highest BCUT2D eigenvalue weighted by Crippen LogP contribution is 2.21. The van der Waals surface area contributed by atoms with E-state index in [4.69, 9.17) is 4.74 Å². The highest BCUT2D eigenvalue weighted by Gasteiger charge is 2.27. The summed E-state index contributed by atoms with van der Waals surface area (Å²) in [6, 6.07) is 10.9. The number of rotatable bonds is 7. The number of hydrogen-bond donors (Lipinski definition) is 1. The molecule has 0 radical (unpaired) electrons. The maximum absolute atomic E-state index is 12.4. The van der Waals surface area contributed by atoms with Crippen LogP contribution in [0.4, 0.5) is 5.82 Å². The Morgan fingerprint density at radius 2 is 1.84 bits per heavy atom. The molecular formula is C17H20BrN3O3S. The quantitative estimate of drug-likeness (QED) is 0.689. The minimum atomic E-state index is -3.41. The molecule has 6 nitrogen and oxygen atoms in total. The number of benzene rings is 1. The molecule has 25 heavy (non-hydrogen) atoms. The number of anilines is 1. The van der Waals surface area contributed by atoms with Gasteiger partial charge in [-0.3, -0.25) is 0 Å². The molecule has 1 saturated heterocycles. The van der Waals surface area contributed by atoms with Crippen molar-refractivity contribution < 1.29 is 13.2 Å². The summed E-state index contributed by atoms with van der Waals surface area (Å²) < 4.78 is 33.0. The first-order valence-electron chi connectivity index (χ1n) is 8.14. The minimum absolute atomic E-state index is 0.242. The standard InChI is InChI=1S/C17H20BrN3O3S/c18-14-3-5-15(6-4-14)24-12-9-19-17-8-7-16(13-20-17)25(22,23)21-10-1-2-11-21/h3-8,13H,1-2,9-12H2,(H,19,20). The van der Waals surface area contributed by atoms with Crippen molar-refractivity contribution in [3.63, 3.8) is 0 Å². The molecule has 0 bridgehead atoms. The Hall–Kier alpha value is -1.64. The summed E-state index contributed by atoms with van der Waals surface area (Å²) >= 11 is 3.38. The molecule has 1 aromatic heterocycles. The van der Waals surface area contributed by atoms with E-state index in [0.29, 0.717) is 32.1 Å². The Morgan fingerprint density at radius 1 is 1.12 bits per heavy atom. The molecule has 134 valence electrons. The predicted molar refractivity (Wildman–Crippen MR) is 100 cm³/mol. The predicted octanol–water partition coefficient (Wildman–Crippen LogP) is 3.12. The van der Waals surface area contributed by atoms with Gasteiger partial charge in [0, 0.05) is 23.8 Å². The van der Waals surface area contributed by atoms with Crippen LogP contribution < -0.4 is 10.1 Å². The number of ether oxygens (including phenoxy) is 1. The molecule has 2 heterocycles. The number of nitrogens with zero attached hydrogens (tertiary/aromatic N) is 2. The molecule has 0 saturated carbocycles. The number of nitrogens with one attached hydrogen (secondary N) is 1. The molecule has 1 aliphatic heterocycles. The summed E-state index contributed by atoms with van der Waals surface area (Å²) in [5.74, 6) is 1.42. The molecule has 1 aliphatic rings. The van der Waals surface area contributed by atoms with Crippen LogP contribution in [0.5, 0.6) is 5.75 Å². The molecular weight excluding hydrogens is 406 g/mol. The fourth-order valence-corrected chi connectivity index (χ4v) is 4.32. The topological polar surface area (TPSA) is 71.5 Å². The van der Waals surface area contributed by atoms with Gasteiger partial charge in [0.15, 0.2) is 0 Å². The second-order valence-corrected chi connectivity index (χ2v) is 8.57. The van der Waals surface area contributed by atoms with Gasteiger partial charge in [-0.1, -0.05) is 15.9 Å². The average Bonchev–Trinajstić information content (AvgIpc) is 3.16. The van der Waals surface area contributed by atoms with Gasteiger partial charge in [-0.15, -0.1) is 0 Å². The first-order chi connectivity index (χ1) is 12.1. The first-order valence-corrected chi connectivity index (χ1v) is 10.4. The van der Waals surface area contributed by atoms with E-state index >= 15 is 0 Å². The van der Waals surface area contributed by atoms with Gasteiger partial charge in [-0.25, -0.2) is 13.4 Å². The van der Waals surface area contributed by atoms with E-state index in [1.807, 2.05) is 24.3 Å². The summed E-state index contributed by atoms with van der Waals surface area (Å²) in [4.78, 5) is 4.44.